The Hall–Kier alpha value is -3.54. The molecule has 0 saturated carbocycles. The van der Waals surface area contributed by atoms with Crippen LogP contribution in [0.2, 0.25) is 0 Å². The zero-order valence-corrected chi connectivity index (χ0v) is 13.9. The first kappa shape index (κ1) is 16.0. The average molecular weight is 347 g/mol. The number of pyridine rings is 1. The lowest BCUT2D eigenvalue weighted by Gasteiger charge is -2.08. The van der Waals surface area contributed by atoms with Gasteiger partial charge in [-0.1, -0.05) is 30.3 Å². The maximum Gasteiger partial charge on any atom is 0.274 e. The highest BCUT2D eigenvalue weighted by Crippen LogP contribution is 2.34. The van der Waals surface area contributed by atoms with Crippen molar-refractivity contribution in [2.45, 2.75) is 6.54 Å². The van der Waals surface area contributed by atoms with Crippen molar-refractivity contribution in [3.8, 4) is 11.5 Å². The van der Waals surface area contributed by atoms with Gasteiger partial charge >= 0.3 is 0 Å². The molecular formula is C20H17N3O3. The fourth-order valence-electron chi connectivity index (χ4n) is 2.60. The van der Waals surface area contributed by atoms with E-state index in [1.165, 1.54) is 5.56 Å². The van der Waals surface area contributed by atoms with E-state index in [2.05, 4.69) is 15.6 Å². The van der Waals surface area contributed by atoms with Crippen molar-refractivity contribution in [1.29, 1.82) is 0 Å². The van der Waals surface area contributed by atoms with Crippen molar-refractivity contribution in [1.82, 2.24) is 4.98 Å². The fraction of sp³-hybridized carbons (Fsp3) is 0.100. The van der Waals surface area contributed by atoms with Crippen LogP contribution in [0.4, 0.5) is 11.4 Å². The van der Waals surface area contributed by atoms with E-state index in [1.54, 1.807) is 30.5 Å². The van der Waals surface area contributed by atoms with Crippen molar-refractivity contribution in [3.63, 3.8) is 0 Å². The zero-order chi connectivity index (χ0) is 17.8. The van der Waals surface area contributed by atoms with Gasteiger partial charge in [0.15, 0.2) is 11.5 Å². The number of nitrogens with one attached hydrogen (secondary N) is 2. The minimum absolute atomic E-state index is 0.200. The van der Waals surface area contributed by atoms with Crippen molar-refractivity contribution in [3.05, 3.63) is 78.1 Å². The second-order valence-electron chi connectivity index (χ2n) is 5.79. The van der Waals surface area contributed by atoms with Gasteiger partial charge in [-0.25, -0.2) is 4.98 Å². The van der Waals surface area contributed by atoms with Gasteiger partial charge in [0.05, 0.1) is 11.9 Å². The van der Waals surface area contributed by atoms with Crippen LogP contribution in [0.15, 0.2) is 66.9 Å². The summed E-state index contributed by atoms with van der Waals surface area (Å²) in [6.45, 7) is 0.900. The molecule has 0 spiro atoms. The van der Waals surface area contributed by atoms with Crippen molar-refractivity contribution >= 4 is 17.3 Å². The van der Waals surface area contributed by atoms with Crippen LogP contribution in [-0.2, 0) is 6.54 Å². The van der Waals surface area contributed by atoms with E-state index in [0.717, 1.165) is 5.69 Å². The Bertz CT molecular complexity index is 911. The fourth-order valence-corrected chi connectivity index (χ4v) is 2.60. The molecule has 2 N–H and O–H groups in total. The second-order valence-corrected chi connectivity index (χ2v) is 5.79. The second kappa shape index (κ2) is 7.14. The predicted molar refractivity (Wildman–Crippen MR) is 98.5 cm³/mol. The van der Waals surface area contributed by atoms with Gasteiger partial charge in [-0.05, 0) is 29.8 Å². The van der Waals surface area contributed by atoms with E-state index >= 15 is 0 Å². The summed E-state index contributed by atoms with van der Waals surface area (Å²) < 4.78 is 10.6. The molecule has 4 rings (SSSR count). The van der Waals surface area contributed by atoms with Gasteiger partial charge in [0.1, 0.15) is 5.69 Å². The maximum atomic E-state index is 12.3. The SMILES string of the molecule is O=C(Nc1ccc2c(c1)OCO2)c1ccc(NCc2ccccc2)cn1. The minimum atomic E-state index is -0.279. The molecule has 26 heavy (non-hydrogen) atoms. The summed E-state index contributed by atoms with van der Waals surface area (Å²) in [6, 6.07) is 18.9. The van der Waals surface area contributed by atoms with Crippen LogP contribution < -0.4 is 20.1 Å². The van der Waals surface area contributed by atoms with Gasteiger partial charge in [-0.2, -0.15) is 0 Å². The molecule has 0 bridgehead atoms. The molecule has 0 aliphatic carbocycles. The number of anilines is 2. The molecular weight excluding hydrogens is 330 g/mol. The number of nitrogens with zero attached hydrogens (tertiary/aromatic N) is 1. The third kappa shape index (κ3) is 3.59. The molecule has 1 aliphatic rings. The van der Waals surface area contributed by atoms with Crippen LogP contribution in [0.1, 0.15) is 16.1 Å². The molecule has 1 aromatic heterocycles. The number of ether oxygens (including phenoxy) is 2. The molecule has 0 unspecified atom stereocenters. The molecule has 2 heterocycles. The van der Waals surface area contributed by atoms with Crippen LogP contribution in [-0.4, -0.2) is 17.7 Å². The Balaban J connectivity index is 1.37. The number of benzene rings is 2. The largest absolute Gasteiger partial charge is 0.454 e. The minimum Gasteiger partial charge on any atom is -0.454 e. The van der Waals surface area contributed by atoms with Gasteiger partial charge in [-0.3, -0.25) is 4.79 Å². The summed E-state index contributed by atoms with van der Waals surface area (Å²) in [5, 5.41) is 6.09. The highest BCUT2D eigenvalue weighted by Gasteiger charge is 2.15. The predicted octanol–water partition coefficient (Wildman–Crippen LogP) is 3.67. The van der Waals surface area contributed by atoms with Crippen LogP contribution in [0.25, 0.3) is 0 Å². The molecule has 0 atom stereocenters. The van der Waals surface area contributed by atoms with Gasteiger partial charge < -0.3 is 20.1 Å². The summed E-state index contributed by atoms with van der Waals surface area (Å²) in [5.74, 6) is 1.02. The number of fused-ring (bicyclic) bond motifs is 1. The standard InChI is InChI=1S/C20H17N3O3/c24-20(23-15-7-9-18-19(10-15)26-13-25-18)17-8-6-16(12-22-17)21-11-14-4-2-1-3-5-14/h1-10,12,21H,11,13H2,(H,23,24). The van der Waals surface area contributed by atoms with Crippen LogP contribution in [0.3, 0.4) is 0 Å². The van der Waals surface area contributed by atoms with Gasteiger partial charge in [0.2, 0.25) is 6.79 Å². The Morgan fingerprint density at radius 2 is 1.77 bits per heavy atom. The lowest BCUT2D eigenvalue weighted by Crippen LogP contribution is -2.13. The van der Waals surface area contributed by atoms with Crippen LogP contribution in [0.5, 0.6) is 11.5 Å². The van der Waals surface area contributed by atoms with E-state index in [0.29, 0.717) is 29.4 Å². The molecule has 0 saturated heterocycles. The summed E-state index contributed by atoms with van der Waals surface area (Å²) in [4.78, 5) is 16.6. The summed E-state index contributed by atoms with van der Waals surface area (Å²) in [7, 11) is 0. The zero-order valence-electron chi connectivity index (χ0n) is 13.9. The molecule has 2 aromatic carbocycles. The highest BCUT2D eigenvalue weighted by molar-refractivity contribution is 6.03. The van der Waals surface area contributed by atoms with Crippen LogP contribution >= 0.6 is 0 Å². The Kier molecular flexibility index (Phi) is 4.38. The summed E-state index contributed by atoms with van der Waals surface area (Å²) in [5.41, 5.74) is 3.01. The van der Waals surface area contributed by atoms with Crippen LogP contribution in [0, 0.1) is 0 Å². The van der Waals surface area contributed by atoms with Crippen molar-refractivity contribution in [2.75, 3.05) is 17.4 Å². The lowest BCUT2D eigenvalue weighted by atomic mass is 10.2. The summed E-state index contributed by atoms with van der Waals surface area (Å²) in [6.07, 6.45) is 1.65. The van der Waals surface area contributed by atoms with Gasteiger partial charge in [-0.15, -0.1) is 0 Å². The van der Waals surface area contributed by atoms with Gasteiger partial charge in [0.25, 0.3) is 5.91 Å². The normalized spacial score (nSPS) is 11.8. The topological polar surface area (TPSA) is 72.5 Å². The Labute approximate surface area is 150 Å². The first-order valence-corrected chi connectivity index (χ1v) is 8.23. The summed E-state index contributed by atoms with van der Waals surface area (Å²) >= 11 is 0. The average Bonchev–Trinajstić information content (AvgIpc) is 3.15. The monoisotopic (exact) mass is 347 g/mol. The van der Waals surface area contributed by atoms with E-state index in [-0.39, 0.29) is 12.7 Å². The third-order valence-electron chi connectivity index (χ3n) is 3.97. The lowest BCUT2D eigenvalue weighted by molar-refractivity contribution is 0.102. The molecule has 3 aromatic rings. The molecule has 1 aliphatic heterocycles. The molecule has 0 fully saturated rings. The highest BCUT2D eigenvalue weighted by atomic mass is 16.7. The molecule has 1 amide bonds. The molecule has 0 radical (unpaired) electrons. The molecule has 130 valence electrons. The van der Waals surface area contributed by atoms with E-state index in [1.807, 2.05) is 36.4 Å². The van der Waals surface area contributed by atoms with E-state index < -0.39 is 0 Å². The van der Waals surface area contributed by atoms with Gasteiger partial charge in [0, 0.05) is 18.3 Å². The molecule has 6 heteroatoms. The van der Waals surface area contributed by atoms with Crippen molar-refractivity contribution in [2.24, 2.45) is 0 Å². The number of aromatic nitrogens is 1. The number of carbonyl (C=O) groups excluding carboxylic acids is 1. The third-order valence-corrected chi connectivity index (χ3v) is 3.97. The quantitative estimate of drug-likeness (QED) is 0.737. The first-order valence-electron chi connectivity index (χ1n) is 8.23. The number of hydrogen-bond donors (Lipinski definition) is 2. The number of hydrogen-bond acceptors (Lipinski definition) is 5. The number of rotatable bonds is 5. The van der Waals surface area contributed by atoms with Crippen molar-refractivity contribution < 1.29 is 14.3 Å². The number of amides is 1. The molecule has 6 nitrogen and oxygen atoms in total. The smallest absolute Gasteiger partial charge is 0.274 e. The number of carbonyl (C=O) groups is 1. The van der Waals surface area contributed by atoms with E-state index in [4.69, 9.17) is 9.47 Å². The Morgan fingerprint density at radius 3 is 2.58 bits per heavy atom. The van der Waals surface area contributed by atoms with E-state index in [9.17, 15) is 4.79 Å². The first-order chi connectivity index (χ1) is 12.8. The Morgan fingerprint density at radius 1 is 0.962 bits per heavy atom. The maximum absolute atomic E-state index is 12.3.